The van der Waals surface area contributed by atoms with E-state index in [1.807, 2.05) is 88.4 Å². The van der Waals surface area contributed by atoms with Crippen LogP contribution in [-0.2, 0) is 25.7 Å². The van der Waals surface area contributed by atoms with Crippen molar-refractivity contribution in [3.63, 3.8) is 0 Å². The maximum absolute atomic E-state index is 13.9. The number of amides is 3. The van der Waals surface area contributed by atoms with E-state index in [0.29, 0.717) is 31.6 Å². The van der Waals surface area contributed by atoms with Gasteiger partial charge >= 0.3 is 0 Å². The summed E-state index contributed by atoms with van der Waals surface area (Å²) < 4.78 is 5.90. The third-order valence-corrected chi connectivity index (χ3v) is 7.29. The smallest absolute Gasteiger partial charge is 0.252 e. The van der Waals surface area contributed by atoms with Gasteiger partial charge in [0, 0.05) is 25.0 Å². The minimum Gasteiger partial charge on any atom is -0.374 e. The van der Waals surface area contributed by atoms with E-state index in [2.05, 4.69) is 22.2 Å². The number of carbonyl (C=O) groups is 3. The molecule has 0 saturated heterocycles. The number of ether oxygens (including phenoxy) is 1. The number of nitrogens with zero attached hydrogens (tertiary/aromatic N) is 1. The summed E-state index contributed by atoms with van der Waals surface area (Å²) in [6, 6.07) is 8.70. The second-order valence-electron chi connectivity index (χ2n) is 10.8. The van der Waals surface area contributed by atoms with Gasteiger partial charge in [0.1, 0.15) is 6.04 Å². The Labute approximate surface area is 249 Å². The average molecular weight is 585 g/mol. The van der Waals surface area contributed by atoms with Crippen LogP contribution >= 0.6 is 11.6 Å². The van der Waals surface area contributed by atoms with Gasteiger partial charge in [-0.3, -0.25) is 14.4 Å². The Balaban J connectivity index is 0.00000287. The number of hydrogen-bond acceptors (Lipinski definition) is 5. The van der Waals surface area contributed by atoms with Crippen LogP contribution in [0.15, 0.2) is 77.4 Å². The summed E-state index contributed by atoms with van der Waals surface area (Å²) in [4.78, 5) is 41.7. The Hall–Kier alpha value is -3.20. The number of rotatable bonds is 12. The van der Waals surface area contributed by atoms with Gasteiger partial charge in [0.15, 0.2) is 0 Å². The van der Waals surface area contributed by atoms with E-state index in [1.165, 1.54) is 6.38 Å². The van der Waals surface area contributed by atoms with Crippen LogP contribution in [0.2, 0.25) is 0 Å². The molecule has 8 nitrogen and oxygen atoms in total. The zero-order chi connectivity index (χ0) is 30.6. The average Bonchev–Trinajstić information content (AvgIpc) is 3.12. The molecular weight excluding hydrogens is 540 g/mol. The first kappa shape index (κ1) is 34.0. The van der Waals surface area contributed by atoms with Gasteiger partial charge in [0.2, 0.25) is 11.8 Å². The van der Waals surface area contributed by atoms with E-state index in [9.17, 15) is 14.4 Å². The lowest BCUT2D eigenvalue weighted by Crippen LogP contribution is -2.59. The molecule has 1 aromatic carbocycles. The van der Waals surface area contributed by atoms with Crippen LogP contribution in [0, 0.1) is 0 Å². The van der Waals surface area contributed by atoms with Crippen molar-refractivity contribution in [1.82, 2.24) is 15.5 Å². The molecule has 0 fully saturated rings. The van der Waals surface area contributed by atoms with Crippen molar-refractivity contribution >= 4 is 29.3 Å². The Morgan fingerprint density at radius 1 is 1.20 bits per heavy atom. The van der Waals surface area contributed by atoms with Gasteiger partial charge < -0.3 is 26.0 Å². The van der Waals surface area contributed by atoms with Crippen molar-refractivity contribution in [3.8, 4) is 0 Å². The topological polar surface area (TPSA) is 114 Å². The molecule has 1 aliphatic carbocycles. The van der Waals surface area contributed by atoms with Gasteiger partial charge in [0.25, 0.3) is 5.91 Å². The quantitative estimate of drug-likeness (QED) is 0.319. The zero-order valence-corrected chi connectivity index (χ0v) is 25.9. The Morgan fingerprint density at radius 2 is 1.88 bits per heavy atom. The van der Waals surface area contributed by atoms with E-state index < -0.39 is 23.0 Å². The van der Waals surface area contributed by atoms with Crippen molar-refractivity contribution in [2.24, 2.45) is 5.73 Å². The molecule has 0 radical (unpaired) electrons. The molecule has 3 rings (SSSR count). The fourth-order valence-electron chi connectivity index (χ4n) is 4.50. The molecule has 224 valence electrons. The monoisotopic (exact) mass is 584 g/mol. The predicted molar refractivity (Wildman–Crippen MR) is 165 cm³/mol. The van der Waals surface area contributed by atoms with Gasteiger partial charge in [-0.05, 0) is 57.2 Å². The lowest BCUT2D eigenvalue weighted by atomic mass is 9.90. The SMILES string of the molecule is CCN(CC1=C(C2=CCC=CC=C2)C(=O)NC1(C)C)C(=O)[C@@H](COCc1ccccc1)NC(=O)C(C)(N)CC.CCl. The van der Waals surface area contributed by atoms with Crippen molar-refractivity contribution < 1.29 is 19.1 Å². The maximum atomic E-state index is 13.9. The molecule has 0 spiro atoms. The molecule has 3 amide bonds. The van der Waals surface area contributed by atoms with E-state index in [0.717, 1.165) is 16.7 Å². The highest BCUT2D eigenvalue weighted by atomic mass is 35.5. The minimum atomic E-state index is -1.12. The number of nitrogens with two attached hydrogens (primary N) is 1. The maximum Gasteiger partial charge on any atom is 0.252 e. The number of alkyl halides is 1. The summed E-state index contributed by atoms with van der Waals surface area (Å²) in [6.45, 7) is 10.1. The van der Waals surface area contributed by atoms with Crippen molar-refractivity contribution in [1.29, 1.82) is 0 Å². The molecule has 2 atom stereocenters. The first-order chi connectivity index (χ1) is 19.5. The molecule has 4 N–H and O–H groups in total. The second-order valence-corrected chi connectivity index (χ2v) is 10.8. The van der Waals surface area contributed by atoms with E-state index in [4.69, 9.17) is 10.5 Å². The lowest BCUT2D eigenvalue weighted by Gasteiger charge is -2.32. The number of carbonyl (C=O) groups excluding carboxylic acids is 3. The number of nitrogens with one attached hydrogen (secondary N) is 2. The van der Waals surface area contributed by atoms with E-state index in [-0.39, 0.29) is 25.0 Å². The lowest BCUT2D eigenvalue weighted by molar-refractivity contribution is -0.139. The largest absolute Gasteiger partial charge is 0.374 e. The summed E-state index contributed by atoms with van der Waals surface area (Å²) in [5.41, 5.74) is 7.63. The fraction of sp³-hybridized carbons (Fsp3) is 0.469. The van der Waals surface area contributed by atoms with E-state index in [1.54, 1.807) is 11.8 Å². The van der Waals surface area contributed by atoms with Crippen LogP contribution in [0.5, 0.6) is 0 Å². The third kappa shape index (κ3) is 9.15. The molecular formula is C32H45ClN4O4. The van der Waals surface area contributed by atoms with Crippen LogP contribution in [0.1, 0.15) is 53.0 Å². The minimum absolute atomic E-state index is 0.0121. The van der Waals surface area contributed by atoms with Gasteiger partial charge in [0.05, 0.1) is 24.3 Å². The number of allylic oxidation sites excluding steroid dienone is 5. The molecule has 9 heteroatoms. The summed E-state index contributed by atoms with van der Waals surface area (Å²) in [5, 5.41) is 5.90. The highest BCUT2D eigenvalue weighted by molar-refractivity contribution is 6.15. The highest BCUT2D eigenvalue weighted by Crippen LogP contribution is 2.33. The summed E-state index contributed by atoms with van der Waals surface area (Å²) in [5.74, 6) is -0.865. The normalized spacial score (nSPS) is 17.9. The van der Waals surface area contributed by atoms with Crippen LogP contribution < -0.4 is 16.4 Å². The zero-order valence-electron chi connectivity index (χ0n) is 25.1. The summed E-state index contributed by atoms with van der Waals surface area (Å²) in [7, 11) is 0. The molecule has 1 heterocycles. The Kier molecular flexibility index (Phi) is 13.0. The number of likely N-dealkylation sites (N-methyl/N-ethyl adjacent to an activating group) is 1. The van der Waals surface area contributed by atoms with Crippen molar-refractivity contribution in [2.45, 2.75) is 71.2 Å². The van der Waals surface area contributed by atoms with Crippen LogP contribution in [0.25, 0.3) is 0 Å². The van der Waals surface area contributed by atoms with Crippen LogP contribution in [0.3, 0.4) is 0 Å². The molecule has 41 heavy (non-hydrogen) atoms. The standard InChI is InChI=1S/C31H42N4O4.CH3Cl/c1-6-31(5,32)29(38)33-25(21-39-20-22-15-11-10-12-16-22)28(37)35(7-2)19-24-26(27(36)34-30(24,3)4)23-17-13-8-9-14-18-23;1-2/h8-13,15-18,25H,6-7,14,19-21,32H2,1-5H3,(H,33,38)(H,34,36);1H3/t25-,31?;/m1./s1. The first-order valence-corrected chi connectivity index (χ1v) is 14.7. The number of hydrogen-bond donors (Lipinski definition) is 3. The van der Waals surface area contributed by atoms with Crippen LogP contribution in [-0.4, -0.2) is 65.8 Å². The Morgan fingerprint density at radius 3 is 2.51 bits per heavy atom. The number of halogens is 1. The molecule has 1 aromatic rings. The van der Waals surface area contributed by atoms with Crippen LogP contribution in [0.4, 0.5) is 0 Å². The molecule has 1 aliphatic heterocycles. The second kappa shape index (κ2) is 15.7. The summed E-state index contributed by atoms with van der Waals surface area (Å²) >= 11 is 4.64. The first-order valence-electron chi connectivity index (χ1n) is 14.0. The predicted octanol–water partition coefficient (Wildman–Crippen LogP) is 4.17. The Bertz CT molecular complexity index is 1190. The third-order valence-electron chi connectivity index (χ3n) is 7.29. The molecule has 0 aromatic heterocycles. The molecule has 0 saturated carbocycles. The fourth-order valence-corrected chi connectivity index (χ4v) is 4.50. The van der Waals surface area contributed by atoms with Gasteiger partial charge in [-0.15, -0.1) is 11.6 Å². The van der Waals surface area contributed by atoms with Crippen molar-refractivity contribution in [2.75, 3.05) is 26.1 Å². The highest BCUT2D eigenvalue weighted by Gasteiger charge is 2.40. The summed E-state index contributed by atoms with van der Waals surface area (Å²) in [6.07, 6.45) is 12.4. The van der Waals surface area contributed by atoms with Gasteiger partial charge in [-0.25, -0.2) is 0 Å². The molecule has 0 bridgehead atoms. The van der Waals surface area contributed by atoms with Gasteiger partial charge in [-0.2, -0.15) is 0 Å². The molecule has 2 aliphatic rings. The van der Waals surface area contributed by atoms with E-state index >= 15 is 0 Å². The number of benzene rings is 1. The van der Waals surface area contributed by atoms with Crippen molar-refractivity contribution in [3.05, 3.63) is 83.0 Å². The van der Waals surface area contributed by atoms with Gasteiger partial charge in [-0.1, -0.05) is 67.6 Å². The molecule has 1 unspecified atom stereocenters.